The Morgan fingerprint density at radius 2 is 2.29 bits per heavy atom. The molecule has 14 heavy (non-hydrogen) atoms. The lowest BCUT2D eigenvalue weighted by Crippen LogP contribution is -2.24. The molecule has 0 aliphatic rings. The summed E-state index contributed by atoms with van der Waals surface area (Å²) in [6, 6.07) is 1.80. The fourth-order valence-corrected chi connectivity index (χ4v) is 1.12. The Bertz CT molecular complexity index is 322. The molecular formula is C10H14N2O2. The largest absolute Gasteiger partial charge is 0.354 e. The van der Waals surface area contributed by atoms with E-state index in [-0.39, 0.29) is 5.91 Å². The number of aromatic nitrogens is 1. The van der Waals surface area contributed by atoms with E-state index in [1.807, 2.05) is 13.8 Å². The van der Waals surface area contributed by atoms with Gasteiger partial charge in [0.1, 0.15) is 12.0 Å². The maximum absolute atomic E-state index is 11.4. The number of hydrogen-bond acceptors (Lipinski definition) is 2. The van der Waals surface area contributed by atoms with Crippen molar-refractivity contribution in [2.75, 3.05) is 6.54 Å². The molecule has 76 valence electrons. The van der Waals surface area contributed by atoms with Crippen LogP contribution in [0.4, 0.5) is 0 Å². The van der Waals surface area contributed by atoms with Gasteiger partial charge in [-0.15, -0.1) is 0 Å². The number of rotatable bonds is 4. The van der Waals surface area contributed by atoms with Crippen molar-refractivity contribution < 1.29 is 9.59 Å². The fraction of sp³-hybridized carbons (Fsp3) is 0.400. The lowest BCUT2D eigenvalue weighted by Gasteiger charge is -1.99. The van der Waals surface area contributed by atoms with E-state index < -0.39 is 0 Å². The third kappa shape index (κ3) is 2.45. The number of carbonyl (C=O) groups is 2. The zero-order valence-electron chi connectivity index (χ0n) is 8.39. The van der Waals surface area contributed by atoms with Gasteiger partial charge in [-0.25, -0.2) is 0 Å². The average molecular weight is 194 g/mol. The van der Waals surface area contributed by atoms with Crippen LogP contribution in [0.25, 0.3) is 0 Å². The number of hydrogen-bond donors (Lipinski definition) is 2. The summed E-state index contributed by atoms with van der Waals surface area (Å²) in [6.45, 7) is 4.24. The number of aldehydes is 1. The lowest BCUT2D eigenvalue weighted by atomic mass is 10.3. The van der Waals surface area contributed by atoms with E-state index in [2.05, 4.69) is 10.3 Å². The van der Waals surface area contributed by atoms with Crippen LogP contribution in [-0.2, 0) is 4.79 Å². The van der Waals surface area contributed by atoms with Gasteiger partial charge < -0.3 is 15.1 Å². The standard InChI is InChI=1S/C10H14N2O2/c1-7-6-9(12-8(7)2)10(14)11-4-3-5-13/h5-6,12H,3-4H2,1-2H3,(H,11,14). The maximum atomic E-state index is 11.4. The van der Waals surface area contributed by atoms with Crippen LogP contribution >= 0.6 is 0 Å². The van der Waals surface area contributed by atoms with Gasteiger partial charge in [0.25, 0.3) is 5.91 Å². The summed E-state index contributed by atoms with van der Waals surface area (Å²) in [5.41, 5.74) is 2.60. The molecule has 0 aliphatic carbocycles. The molecule has 0 fully saturated rings. The Balaban J connectivity index is 2.56. The Morgan fingerprint density at radius 1 is 1.57 bits per heavy atom. The highest BCUT2D eigenvalue weighted by Crippen LogP contribution is 2.07. The summed E-state index contributed by atoms with van der Waals surface area (Å²) in [4.78, 5) is 24.4. The van der Waals surface area contributed by atoms with Crippen molar-refractivity contribution in [3.8, 4) is 0 Å². The molecule has 0 unspecified atom stereocenters. The van der Waals surface area contributed by atoms with Crippen molar-refractivity contribution in [3.63, 3.8) is 0 Å². The zero-order valence-corrected chi connectivity index (χ0v) is 8.39. The van der Waals surface area contributed by atoms with E-state index in [0.717, 1.165) is 17.5 Å². The molecule has 0 aliphatic heterocycles. The van der Waals surface area contributed by atoms with Gasteiger partial charge in [-0.05, 0) is 25.5 Å². The van der Waals surface area contributed by atoms with Crippen LogP contribution in [0, 0.1) is 13.8 Å². The predicted octanol–water partition coefficient (Wildman–Crippen LogP) is 0.950. The van der Waals surface area contributed by atoms with Crippen molar-refractivity contribution in [1.29, 1.82) is 0 Å². The quantitative estimate of drug-likeness (QED) is 0.553. The van der Waals surface area contributed by atoms with E-state index >= 15 is 0 Å². The van der Waals surface area contributed by atoms with Gasteiger partial charge >= 0.3 is 0 Å². The molecule has 0 saturated heterocycles. The molecule has 0 aromatic carbocycles. The summed E-state index contributed by atoms with van der Waals surface area (Å²) in [7, 11) is 0. The minimum atomic E-state index is -0.164. The highest BCUT2D eigenvalue weighted by atomic mass is 16.2. The fourth-order valence-electron chi connectivity index (χ4n) is 1.12. The van der Waals surface area contributed by atoms with Crippen molar-refractivity contribution in [3.05, 3.63) is 23.0 Å². The first kappa shape index (κ1) is 10.5. The molecule has 2 N–H and O–H groups in total. The van der Waals surface area contributed by atoms with Gasteiger partial charge in [-0.2, -0.15) is 0 Å². The predicted molar refractivity (Wildman–Crippen MR) is 53.3 cm³/mol. The smallest absolute Gasteiger partial charge is 0.267 e. The molecule has 1 aromatic heterocycles. The third-order valence-corrected chi connectivity index (χ3v) is 2.07. The topological polar surface area (TPSA) is 62.0 Å². The number of H-pyrrole nitrogens is 1. The summed E-state index contributed by atoms with van der Waals surface area (Å²) in [5.74, 6) is -0.164. The summed E-state index contributed by atoms with van der Waals surface area (Å²) < 4.78 is 0. The average Bonchev–Trinajstić information content (AvgIpc) is 2.47. The van der Waals surface area contributed by atoms with Crippen LogP contribution in [0.3, 0.4) is 0 Å². The maximum Gasteiger partial charge on any atom is 0.267 e. The van der Waals surface area contributed by atoms with E-state index in [9.17, 15) is 9.59 Å². The van der Waals surface area contributed by atoms with E-state index in [1.165, 1.54) is 0 Å². The molecular weight excluding hydrogens is 180 g/mol. The highest BCUT2D eigenvalue weighted by Gasteiger charge is 2.08. The molecule has 1 rings (SSSR count). The molecule has 4 heteroatoms. The van der Waals surface area contributed by atoms with Crippen molar-refractivity contribution >= 4 is 12.2 Å². The second kappa shape index (κ2) is 4.60. The molecule has 0 saturated carbocycles. The van der Waals surface area contributed by atoms with Crippen LogP contribution in [0.2, 0.25) is 0 Å². The minimum absolute atomic E-state index is 0.164. The van der Waals surface area contributed by atoms with Crippen LogP contribution in [0.5, 0.6) is 0 Å². The second-order valence-corrected chi connectivity index (χ2v) is 3.20. The molecule has 0 bridgehead atoms. The molecule has 1 amide bonds. The third-order valence-electron chi connectivity index (χ3n) is 2.07. The van der Waals surface area contributed by atoms with E-state index in [1.54, 1.807) is 6.07 Å². The zero-order chi connectivity index (χ0) is 10.6. The van der Waals surface area contributed by atoms with Gasteiger partial charge in [-0.3, -0.25) is 4.79 Å². The summed E-state index contributed by atoms with van der Waals surface area (Å²) in [5, 5.41) is 2.64. The number of aryl methyl sites for hydroxylation is 2. The summed E-state index contributed by atoms with van der Waals surface area (Å²) >= 11 is 0. The number of carbonyl (C=O) groups excluding carboxylic acids is 2. The monoisotopic (exact) mass is 194 g/mol. The van der Waals surface area contributed by atoms with Gasteiger partial charge in [-0.1, -0.05) is 0 Å². The van der Waals surface area contributed by atoms with Gasteiger partial charge in [0, 0.05) is 18.7 Å². The van der Waals surface area contributed by atoms with Crippen molar-refractivity contribution in [1.82, 2.24) is 10.3 Å². The molecule has 0 radical (unpaired) electrons. The molecule has 0 atom stereocenters. The molecule has 1 aromatic rings. The van der Waals surface area contributed by atoms with E-state index in [4.69, 9.17) is 0 Å². The first-order valence-electron chi connectivity index (χ1n) is 4.53. The van der Waals surface area contributed by atoms with Gasteiger partial charge in [0.05, 0.1) is 0 Å². The molecule has 1 heterocycles. The van der Waals surface area contributed by atoms with Crippen LogP contribution < -0.4 is 5.32 Å². The highest BCUT2D eigenvalue weighted by molar-refractivity contribution is 5.92. The van der Waals surface area contributed by atoms with Crippen molar-refractivity contribution in [2.24, 2.45) is 0 Å². The first-order valence-corrected chi connectivity index (χ1v) is 4.53. The minimum Gasteiger partial charge on any atom is -0.354 e. The number of amides is 1. The van der Waals surface area contributed by atoms with Crippen molar-refractivity contribution in [2.45, 2.75) is 20.3 Å². The molecule has 0 spiro atoms. The van der Waals surface area contributed by atoms with Crippen LogP contribution in [-0.4, -0.2) is 23.7 Å². The lowest BCUT2D eigenvalue weighted by molar-refractivity contribution is -0.107. The second-order valence-electron chi connectivity index (χ2n) is 3.20. The summed E-state index contributed by atoms with van der Waals surface area (Å²) in [6.07, 6.45) is 1.13. The van der Waals surface area contributed by atoms with Gasteiger partial charge in [0.15, 0.2) is 0 Å². The van der Waals surface area contributed by atoms with Crippen LogP contribution in [0.1, 0.15) is 28.2 Å². The number of aromatic amines is 1. The normalized spacial score (nSPS) is 9.86. The van der Waals surface area contributed by atoms with Gasteiger partial charge in [0.2, 0.25) is 0 Å². The number of nitrogens with one attached hydrogen (secondary N) is 2. The Morgan fingerprint density at radius 3 is 2.79 bits per heavy atom. The van der Waals surface area contributed by atoms with Crippen LogP contribution in [0.15, 0.2) is 6.07 Å². The molecule has 4 nitrogen and oxygen atoms in total. The Hall–Kier alpha value is -1.58. The Labute approximate surface area is 82.7 Å². The first-order chi connectivity index (χ1) is 6.65. The SMILES string of the molecule is Cc1cc(C(=O)NCCC=O)[nH]c1C. The Kier molecular flexibility index (Phi) is 3.45. The van der Waals surface area contributed by atoms with E-state index in [0.29, 0.717) is 18.7 Å².